The average molecular weight is 318 g/mol. The van der Waals surface area contributed by atoms with E-state index in [1.807, 2.05) is 0 Å². The summed E-state index contributed by atoms with van der Waals surface area (Å²) in [6, 6.07) is 6.59. The zero-order valence-corrected chi connectivity index (χ0v) is 12.5. The molecule has 0 N–H and O–H groups in total. The molecule has 0 atom stereocenters. The predicted octanol–water partition coefficient (Wildman–Crippen LogP) is 3.29. The van der Waals surface area contributed by atoms with Gasteiger partial charge in [0.05, 0.1) is 11.6 Å². The first kappa shape index (κ1) is 14.9. The molecule has 0 aliphatic carbocycles. The maximum atomic E-state index is 12.9. The third kappa shape index (κ3) is 2.66. The van der Waals surface area contributed by atoms with Crippen LogP contribution < -0.4 is 4.31 Å². The molecule has 0 unspecified atom stereocenters. The van der Waals surface area contributed by atoms with Crippen LogP contribution in [0, 0.1) is 12.7 Å². The second-order valence-corrected chi connectivity index (χ2v) is 6.42. The highest BCUT2D eigenvalue weighted by molar-refractivity contribution is 7.92. The predicted molar refractivity (Wildman–Crippen MR) is 75.0 cm³/mol. The minimum atomic E-state index is -3.77. The number of nitrogens with zero attached hydrogens (tertiary/aromatic N) is 1. The normalized spacial score (nSPS) is 11.6. The molecule has 0 fully saturated rings. The molecular formula is C13H13ClFNO3S. The monoisotopic (exact) mass is 317 g/mol. The smallest absolute Gasteiger partial charge is 0.267 e. The fraction of sp³-hybridized carbons (Fsp3) is 0.231. The molecule has 0 radical (unpaired) electrons. The Morgan fingerprint density at radius 2 is 1.90 bits per heavy atom. The first-order valence-corrected chi connectivity index (χ1v) is 7.73. The molecule has 108 valence electrons. The number of sulfonamides is 1. The molecule has 2 aromatic rings. The third-order valence-electron chi connectivity index (χ3n) is 2.88. The zero-order valence-electron chi connectivity index (χ0n) is 10.9. The number of hydrogen-bond donors (Lipinski definition) is 0. The van der Waals surface area contributed by atoms with Gasteiger partial charge in [-0.1, -0.05) is 0 Å². The lowest BCUT2D eigenvalue weighted by Gasteiger charge is -2.18. The van der Waals surface area contributed by atoms with E-state index in [1.165, 1.54) is 37.4 Å². The Morgan fingerprint density at radius 3 is 2.40 bits per heavy atom. The molecule has 2 rings (SSSR count). The molecule has 0 spiro atoms. The highest BCUT2D eigenvalue weighted by atomic mass is 35.5. The van der Waals surface area contributed by atoms with Crippen molar-refractivity contribution in [2.45, 2.75) is 17.7 Å². The maximum absolute atomic E-state index is 12.9. The number of anilines is 1. The van der Waals surface area contributed by atoms with Gasteiger partial charge in [-0.25, -0.2) is 12.8 Å². The van der Waals surface area contributed by atoms with Gasteiger partial charge in [-0.2, -0.15) is 0 Å². The average Bonchev–Trinajstić information content (AvgIpc) is 2.81. The Labute approximate surface area is 121 Å². The molecule has 1 aromatic heterocycles. The number of hydrogen-bond acceptors (Lipinski definition) is 3. The van der Waals surface area contributed by atoms with E-state index < -0.39 is 15.8 Å². The summed E-state index contributed by atoms with van der Waals surface area (Å²) in [5, 5.41) is 0. The van der Waals surface area contributed by atoms with Crippen LogP contribution in [-0.2, 0) is 15.9 Å². The van der Waals surface area contributed by atoms with E-state index in [9.17, 15) is 12.8 Å². The van der Waals surface area contributed by atoms with Crippen LogP contribution in [0.25, 0.3) is 0 Å². The summed E-state index contributed by atoms with van der Waals surface area (Å²) in [4.78, 5) is 0.0555. The Balaban J connectivity index is 2.43. The standard InChI is InChI=1S/C13H13ClFNO3S/c1-9-13(7-12(8-14)19-9)20(17,18)16(2)11-5-3-10(15)4-6-11/h3-7H,8H2,1-2H3. The number of rotatable bonds is 4. The lowest BCUT2D eigenvalue weighted by atomic mass is 10.3. The highest BCUT2D eigenvalue weighted by Gasteiger charge is 2.26. The molecule has 4 nitrogen and oxygen atoms in total. The summed E-state index contributed by atoms with van der Waals surface area (Å²) in [5.41, 5.74) is 0.361. The summed E-state index contributed by atoms with van der Waals surface area (Å²) < 4.78 is 44.2. The van der Waals surface area contributed by atoms with Crippen molar-refractivity contribution in [3.63, 3.8) is 0 Å². The summed E-state index contributed by atoms with van der Waals surface area (Å²) in [5.74, 6) is 0.324. The molecule has 1 aromatic carbocycles. The van der Waals surface area contributed by atoms with Crippen LogP contribution in [0.4, 0.5) is 10.1 Å². The van der Waals surface area contributed by atoms with Gasteiger partial charge >= 0.3 is 0 Å². The van der Waals surface area contributed by atoms with Crippen molar-refractivity contribution in [3.05, 3.63) is 47.7 Å². The topological polar surface area (TPSA) is 50.5 Å². The maximum Gasteiger partial charge on any atom is 0.267 e. The van der Waals surface area contributed by atoms with Gasteiger partial charge < -0.3 is 4.42 Å². The van der Waals surface area contributed by atoms with Gasteiger partial charge in [-0.15, -0.1) is 11.6 Å². The summed E-state index contributed by atoms with van der Waals surface area (Å²) in [7, 11) is -2.37. The largest absolute Gasteiger partial charge is 0.464 e. The highest BCUT2D eigenvalue weighted by Crippen LogP contribution is 2.27. The molecule has 20 heavy (non-hydrogen) atoms. The molecule has 0 aliphatic heterocycles. The van der Waals surface area contributed by atoms with Crippen molar-refractivity contribution in [1.29, 1.82) is 0 Å². The van der Waals surface area contributed by atoms with E-state index in [4.69, 9.17) is 16.0 Å². The first-order chi connectivity index (χ1) is 9.36. The molecular weight excluding hydrogens is 305 g/mol. The van der Waals surface area contributed by atoms with Gasteiger partial charge in [0.1, 0.15) is 22.2 Å². The molecule has 7 heteroatoms. The molecule has 0 amide bonds. The van der Waals surface area contributed by atoms with E-state index in [1.54, 1.807) is 6.92 Å². The number of furan rings is 1. The molecule has 1 heterocycles. The van der Waals surface area contributed by atoms with Crippen molar-refractivity contribution < 1.29 is 17.2 Å². The van der Waals surface area contributed by atoms with E-state index in [0.29, 0.717) is 11.4 Å². The SMILES string of the molecule is Cc1oc(CCl)cc1S(=O)(=O)N(C)c1ccc(F)cc1. The van der Waals surface area contributed by atoms with Crippen LogP contribution in [0.5, 0.6) is 0 Å². The quantitative estimate of drug-likeness (QED) is 0.813. The van der Waals surface area contributed by atoms with Crippen molar-refractivity contribution in [2.75, 3.05) is 11.4 Å². The summed E-state index contributed by atoms with van der Waals surface area (Å²) in [6.07, 6.45) is 0. The van der Waals surface area contributed by atoms with Crippen molar-refractivity contribution >= 4 is 27.3 Å². The van der Waals surface area contributed by atoms with E-state index in [2.05, 4.69) is 0 Å². The van der Waals surface area contributed by atoms with E-state index >= 15 is 0 Å². The third-order valence-corrected chi connectivity index (χ3v) is 5.04. The lowest BCUT2D eigenvalue weighted by molar-refractivity contribution is 0.492. The van der Waals surface area contributed by atoms with Crippen molar-refractivity contribution in [2.24, 2.45) is 0 Å². The zero-order chi connectivity index (χ0) is 14.9. The first-order valence-electron chi connectivity index (χ1n) is 5.76. The van der Waals surface area contributed by atoms with Crippen LogP contribution in [0.2, 0.25) is 0 Å². The molecule has 0 saturated heterocycles. The summed E-state index contributed by atoms with van der Waals surface area (Å²) >= 11 is 5.63. The molecule has 0 aliphatic rings. The van der Waals surface area contributed by atoms with E-state index in [0.717, 1.165) is 4.31 Å². The van der Waals surface area contributed by atoms with Crippen LogP contribution in [0.3, 0.4) is 0 Å². The Kier molecular flexibility index (Phi) is 4.06. The second kappa shape index (κ2) is 5.46. The minimum absolute atomic E-state index is 0.0555. The lowest BCUT2D eigenvalue weighted by Crippen LogP contribution is -2.26. The van der Waals surface area contributed by atoms with Gasteiger partial charge in [0.15, 0.2) is 0 Å². The molecule has 0 bridgehead atoms. The minimum Gasteiger partial charge on any atom is -0.464 e. The molecule has 0 saturated carbocycles. The van der Waals surface area contributed by atoms with Crippen molar-refractivity contribution in [1.82, 2.24) is 0 Å². The number of halogens is 2. The number of benzene rings is 1. The van der Waals surface area contributed by atoms with Gasteiger partial charge in [-0.3, -0.25) is 4.31 Å². The van der Waals surface area contributed by atoms with Crippen LogP contribution >= 0.6 is 11.6 Å². The van der Waals surface area contributed by atoms with Gasteiger partial charge in [0.2, 0.25) is 0 Å². The second-order valence-electron chi connectivity index (χ2n) is 4.22. The van der Waals surface area contributed by atoms with Crippen LogP contribution in [0.1, 0.15) is 11.5 Å². The van der Waals surface area contributed by atoms with Gasteiger partial charge in [0.25, 0.3) is 10.0 Å². The number of alkyl halides is 1. The summed E-state index contributed by atoms with van der Waals surface area (Å²) in [6.45, 7) is 1.56. The van der Waals surface area contributed by atoms with Gasteiger partial charge in [-0.05, 0) is 31.2 Å². The number of aryl methyl sites for hydroxylation is 1. The van der Waals surface area contributed by atoms with E-state index in [-0.39, 0.29) is 16.5 Å². The fourth-order valence-electron chi connectivity index (χ4n) is 1.78. The van der Waals surface area contributed by atoms with Crippen LogP contribution in [0.15, 0.2) is 39.6 Å². The Bertz CT molecular complexity index is 710. The Morgan fingerprint density at radius 1 is 1.30 bits per heavy atom. The van der Waals surface area contributed by atoms with Crippen LogP contribution in [-0.4, -0.2) is 15.5 Å². The van der Waals surface area contributed by atoms with Crippen molar-refractivity contribution in [3.8, 4) is 0 Å². The Hall–Kier alpha value is -1.53. The van der Waals surface area contributed by atoms with Gasteiger partial charge in [0, 0.05) is 13.1 Å². The fourth-order valence-corrected chi connectivity index (χ4v) is 3.29.